The Morgan fingerprint density at radius 1 is 1.75 bits per heavy atom. The van der Waals surface area contributed by atoms with Crippen molar-refractivity contribution in [1.29, 1.82) is 0 Å². The molecule has 0 bridgehead atoms. The average Bonchev–Trinajstić information content (AvgIpc) is 3.06. The molecular formula is C11H17N5O4. The minimum absolute atomic E-state index is 0.0328. The van der Waals surface area contributed by atoms with E-state index in [1.54, 1.807) is 10.9 Å². The lowest BCUT2D eigenvalue weighted by atomic mass is 10.2. The fraction of sp³-hybridized carbons (Fsp3) is 0.636. The van der Waals surface area contributed by atoms with Crippen molar-refractivity contribution in [3.05, 3.63) is 11.9 Å². The van der Waals surface area contributed by atoms with Crippen molar-refractivity contribution in [2.45, 2.75) is 31.2 Å². The Kier molecular flexibility index (Phi) is 4.77. The second kappa shape index (κ2) is 6.55. The molecule has 0 spiro atoms. The van der Waals surface area contributed by atoms with Crippen LogP contribution >= 0.6 is 0 Å². The van der Waals surface area contributed by atoms with Crippen LogP contribution in [-0.2, 0) is 20.9 Å². The molecule has 4 N–H and O–H groups in total. The Bertz CT molecular complexity index is 477. The molecule has 0 aliphatic carbocycles. The first-order valence-electron chi connectivity index (χ1n) is 6.25. The lowest BCUT2D eigenvalue weighted by molar-refractivity contribution is -0.139. The molecule has 0 radical (unpaired) electrons. The molecule has 1 aliphatic rings. The standard InChI is InChI=1S/C11H17N5O4/c12-7(4-17)5-20-6-8-3-16(15-14-8)9-1-10(11(18)19)13-2-9/h3-4,7,9-10,13H,1-2,5-6,12H2,(H,18,19). The average molecular weight is 283 g/mol. The summed E-state index contributed by atoms with van der Waals surface area (Å²) in [6, 6.07) is -1.22. The van der Waals surface area contributed by atoms with E-state index in [9.17, 15) is 9.59 Å². The largest absolute Gasteiger partial charge is 0.480 e. The minimum Gasteiger partial charge on any atom is -0.480 e. The van der Waals surface area contributed by atoms with Gasteiger partial charge in [-0.05, 0) is 6.42 Å². The third-order valence-corrected chi connectivity index (χ3v) is 3.07. The first kappa shape index (κ1) is 14.6. The van der Waals surface area contributed by atoms with Gasteiger partial charge in [-0.25, -0.2) is 4.68 Å². The SMILES string of the molecule is NC(C=O)COCc1cn(C2CNC(C(=O)O)C2)nn1. The van der Waals surface area contributed by atoms with Gasteiger partial charge in [0.1, 0.15) is 18.0 Å². The smallest absolute Gasteiger partial charge is 0.320 e. The number of nitrogens with one attached hydrogen (secondary N) is 1. The van der Waals surface area contributed by atoms with Crippen molar-refractivity contribution in [2.75, 3.05) is 13.2 Å². The highest BCUT2D eigenvalue weighted by atomic mass is 16.5. The molecule has 2 rings (SSSR count). The summed E-state index contributed by atoms with van der Waals surface area (Å²) in [6.45, 7) is 0.878. The fourth-order valence-electron chi connectivity index (χ4n) is 2.00. The van der Waals surface area contributed by atoms with Crippen LogP contribution in [0, 0.1) is 0 Å². The first-order valence-corrected chi connectivity index (χ1v) is 6.25. The summed E-state index contributed by atoms with van der Waals surface area (Å²) in [4.78, 5) is 21.2. The zero-order valence-electron chi connectivity index (χ0n) is 10.8. The van der Waals surface area contributed by atoms with Gasteiger partial charge in [0, 0.05) is 6.54 Å². The number of carboxylic acid groups (broad SMARTS) is 1. The Labute approximate surface area is 115 Å². The molecule has 1 aromatic heterocycles. The molecule has 1 aromatic rings. The van der Waals surface area contributed by atoms with E-state index in [4.69, 9.17) is 15.6 Å². The van der Waals surface area contributed by atoms with Crippen LogP contribution in [0.25, 0.3) is 0 Å². The number of hydrogen-bond acceptors (Lipinski definition) is 7. The van der Waals surface area contributed by atoms with Gasteiger partial charge >= 0.3 is 5.97 Å². The van der Waals surface area contributed by atoms with Gasteiger partial charge in [-0.3, -0.25) is 4.79 Å². The number of nitrogens with two attached hydrogens (primary N) is 1. The van der Waals surface area contributed by atoms with E-state index in [1.165, 1.54) is 0 Å². The third kappa shape index (κ3) is 3.59. The highest BCUT2D eigenvalue weighted by Gasteiger charge is 2.30. The molecular weight excluding hydrogens is 266 g/mol. The maximum Gasteiger partial charge on any atom is 0.320 e. The Balaban J connectivity index is 1.83. The zero-order chi connectivity index (χ0) is 14.5. The highest BCUT2D eigenvalue weighted by Crippen LogP contribution is 2.19. The van der Waals surface area contributed by atoms with Gasteiger partial charge in [0.05, 0.1) is 31.5 Å². The van der Waals surface area contributed by atoms with Crippen molar-refractivity contribution in [1.82, 2.24) is 20.3 Å². The lowest BCUT2D eigenvalue weighted by Gasteiger charge is -2.07. The summed E-state index contributed by atoms with van der Waals surface area (Å²) in [7, 11) is 0. The number of nitrogens with zero attached hydrogens (tertiary/aromatic N) is 3. The normalized spacial score (nSPS) is 23.6. The second-order valence-corrected chi connectivity index (χ2v) is 4.69. The predicted molar refractivity (Wildman–Crippen MR) is 66.8 cm³/mol. The summed E-state index contributed by atoms with van der Waals surface area (Å²) in [5.74, 6) is -0.862. The number of hydrogen-bond donors (Lipinski definition) is 3. The third-order valence-electron chi connectivity index (χ3n) is 3.07. The molecule has 0 aromatic carbocycles. The number of aldehydes is 1. The van der Waals surface area contributed by atoms with Crippen molar-refractivity contribution in [3.63, 3.8) is 0 Å². The number of carbonyl (C=O) groups excluding carboxylic acids is 1. The molecule has 1 saturated heterocycles. The fourth-order valence-corrected chi connectivity index (χ4v) is 2.00. The van der Waals surface area contributed by atoms with E-state index in [2.05, 4.69) is 15.6 Å². The second-order valence-electron chi connectivity index (χ2n) is 4.69. The minimum atomic E-state index is -0.862. The summed E-state index contributed by atoms with van der Waals surface area (Å²) in [6.07, 6.45) is 2.80. The monoisotopic (exact) mass is 283 g/mol. The molecule has 9 nitrogen and oxygen atoms in total. The molecule has 0 saturated carbocycles. The van der Waals surface area contributed by atoms with Gasteiger partial charge in [-0.2, -0.15) is 0 Å². The number of carbonyl (C=O) groups is 2. The molecule has 110 valence electrons. The van der Waals surface area contributed by atoms with Gasteiger partial charge < -0.3 is 25.7 Å². The molecule has 3 unspecified atom stereocenters. The van der Waals surface area contributed by atoms with Gasteiger partial charge in [0.15, 0.2) is 0 Å². The number of carboxylic acids is 1. The number of rotatable bonds is 7. The molecule has 20 heavy (non-hydrogen) atoms. The van der Waals surface area contributed by atoms with Crippen LogP contribution in [0.15, 0.2) is 6.20 Å². The Morgan fingerprint density at radius 2 is 2.55 bits per heavy atom. The molecule has 9 heteroatoms. The van der Waals surface area contributed by atoms with Crippen molar-refractivity contribution >= 4 is 12.3 Å². The van der Waals surface area contributed by atoms with Gasteiger partial charge in [-0.1, -0.05) is 5.21 Å². The summed E-state index contributed by atoms with van der Waals surface area (Å²) >= 11 is 0. The van der Waals surface area contributed by atoms with E-state index in [-0.39, 0.29) is 19.3 Å². The van der Waals surface area contributed by atoms with E-state index in [1.807, 2.05) is 0 Å². The Morgan fingerprint density at radius 3 is 3.20 bits per heavy atom. The zero-order valence-corrected chi connectivity index (χ0v) is 10.8. The van der Waals surface area contributed by atoms with E-state index >= 15 is 0 Å². The van der Waals surface area contributed by atoms with E-state index in [0.29, 0.717) is 24.9 Å². The topological polar surface area (TPSA) is 132 Å². The van der Waals surface area contributed by atoms with Crippen LogP contribution in [0.1, 0.15) is 18.2 Å². The van der Waals surface area contributed by atoms with E-state index < -0.39 is 18.1 Å². The molecule has 3 atom stereocenters. The predicted octanol–water partition coefficient (Wildman–Crippen LogP) is -1.69. The highest BCUT2D eigenvalue weighted by molar-refractivity contribution is 5.73. The maximum absolute atomic E-state index is 10.8. The van der Waals surface area contributed by atoms with Gasteiger partial charge in [-0.15, -0.1) is 5.10 Å². The van der Waals surface area contributed by atoms with Crippen LogP contribution in [0.4, 0.5) is 0 Å². The van der Waals surface area contributed by atoms with Crippen molar-refractivity contribution in [3.8, 4) is 0 Å². The Hall–Kier alpha value is -1.84. The van der Waals surface area contributed by atoms with Crippen molar-refractivity contribution in [2.24, 2.45) is 5.73 Å². The summed E-state index contributed by atoms with van der Waals surface area (Å²) in [5.41, 5.74) is 6.00. The van der Waals surface area contributed by atoms with Crippen LogP contribution < -0.4 is 11.1 Å². The number of aliphatic carboxylic acids is 1. The number of ether oxygens (including phenoxy) is 1. The molecule has 1 aliphatic heterocycles. The lowest BCUT2D eigenvalue weighted by Crippen LogP contribution is -2.29. The molecule has 1 fully saturated rings. The summed E-state index contributed by atoms with van der Waals surface area (Å²) < 4.78 is 6.86. The van der Waals surface area contributed by atoms with Gasteiger partial charge in [0.25, 0.3) is 0 Å². The number of aromatic nitrogens is 3. The summed E-state index contributed by atoms with van der Waals surface area (Å²) in [5, 5.41) is 19.7. The van der Waals surface area contributed by atoms with Crippen LogP contribution in [0.3, 0.4) is 0 Å². The molecule has 2 heterocycles. The van der Waals surface area contributed by atoms with Gasteiger partial charge in [0.2, 0.25) is 0 Å². The molecule has 0 amide bonds. The van der Waals surface area contributed by atoms with Crippen molar-refractivity contribution < 1.29 is 19.4 Å². The maximum atomic E-state index is 10.8. The van der Waals surface area contributed by atoms with Crippen LogP contribution in [0.5, 0.6) is 0 Å². The quantitative estimate of drug-likeness (QED) is 0.505. The van der Waals surface area contributed by atoms with Crippen LogP contribution in [-0.4, -0.2) is 57.6 Å². The van der Waals surface area contributed by atoms with Crippen LogP contribution in [0.2, 0.25) is 0 Å². The van der Waals surface area contributed by atoms with E-state index in [0.717, 1.165) is 0 Å². The first-order chi connectivity index (χ1) is 9.60.